The van der Waals surface area contributed by atoms with Crippen molar-refractivity contribution in [2.75, 3.05) is 18.5 Å². The van der Waals surface area contributed by atoms with Crippen LogP contribution in [0.25, 0.3) is 0 Å². The molecule has 0 fully saturated rings. The van der Waals surface area contributed by atoms with Gasteiger partial charge in [0, 0.05) is 18.3 Å². The number of rotatable bonds is 24. The molecule has 0 aliphatic carbocycles. The first-order valence-corrected chi connectivity index (χ1v) is 16.4. The Hall–Kier alpha value is -3.00. The van der Waals surface area contributed by atoms with Crippen LogP contribution in [0.5, 0.6) is 0 Å². The number of nitrogens with one attached hydrogen (secondary N) is 3. The molecule has 0 saturated carbocycles. The van der Waals surface area contributed by atoms with Crippen LogP contribution in [0.4, 0.5) is 19.3 Å². The molecule has 0 saturated heterocycles. The van der Waals surface area contributed by atoms with Crippen molar-refractivity contribution >= 4 is 17.6 Å². The van der Waals surface area contributed by atoms with E-state index in [-0.39, 0.29) is 24.8 Å². The summed E-state index contributed by atoms with van der Waals surface area (Å²) in [6.07, 6.45) is 20.5. The van der Waals surface area contributed by atoms with Crippen molar-refractivity contribution in [3.63, 3.8) is 0 Å². The van der Waals surface area contributed by atoms with Crippen LogP contribution >= 0.6 is 0 Å². The second kappa shape index (κ2) is 23.5. The first kappa shape index (κ1) is 36.2. The summed E-state index contributed by atoms with van der Waals surface area (Å²) in [7, 11) is 0. The minimum Gasteiger partial charge on any atom is -0.374 e. The molecule has 240 valence electrons. The quantitative estimate of drug-likeness (QED) is 0.105. The van der Waals surface area contributed by atoms with Gasteiger partial charge >= 0.3 is 6.03 Å². The monoisotopic (exact) mass is 601 g/mol. The van der Waals surface area contributed by atoms with Crippen molar-refractivity contribution in [1.29, 1.82) is 0 Å². The van der Waals surface area contributed by atoms with Crippen molar-refractivity contribution in [2.45, 2.75) is 122 Å². The third-order valence-corrected chi connectivity index (χ3v) is 7.47. The topological polar surface area (TPSA) is 79.5 Å². The van der Waals surface area contributed by atoms with Gasteiger partial charge in [0.2, 0.25) is 5.91 Å². The molecule has 8 heteroatoms. The number of anilines is 1. The SMILES string of the molecule is CCCCCCCCCCCCCCCCCCNC(=O)[C@H](COCc1ccccc1)NC(=O)Nc1cc(F)cc(F)c1. The summed E-state index contributed by atoms with van der Waals surface area (Å²) in [5, 5.41) is 7.83. The zero-order valence-corrected chi connectivity index (χ0v) is 26.1. The second-order valence-corrected chi connectivity index (χ2v) is 11.4. The fraction of sp³-hybridized carbons (Fsp3) is 0.600. The van der Waals surface area contributed by atoms with E-state index in [1.54, 1.807) is 0 Å². The second-order valence-electron chi connectivity index (χ2n) is 11.4. The Morgan fingerprint density at radius 1 is 0.721 bits per heavy atom. The fourth-order valence-corrected chi connectivity index (χ4v) is 5.01. The van der Waals surface area contributed by atoms with Crippen LogP contribution in [0.2, 0.25) is 0 Å². The van der Waals surface area contributed by atoms with Gasteiger partial charge < -0.3 is 20.7 Å². The molecule has 3 amide bonds. The van der Waals surface area contributed by atoms with Gasteiger partial charge in [0.15, 0.2) is 0 Å². The lowest BCUT2D eigenvalue weighted by Crippen LogP contribution is -2.50. The molecular formula is C35H53F2N3O3. The van der Waals surface area contributed by atoms with Crippen LogP contribution in [0.15, 0.2) is 48.5 Å². The van der Waals surface area contributed by atoms with Gasteiger partial charge in [-0.1, -0.05) is 134 Å². The van der Waals surface area contributed by atoms with Crippen molar-refractivity contribution in [1.82, 2.24) is 10.6 Å². The number of carbonyl (C=O) groups is 2. The number of hydrogen-bond donors (Lipinski definition) is 3. The summed E-state index contributed by atoms with van der Waals surface area (Å²) in [6.45, 7) is 2.99. The highest BCUT2D eigenvalue weighted by Crippen LogP contribution is 2.14. The number of benzene rings is 2. The van der Waals surface area contributed by atoms with Gasteiger partial charge in [-0.15, -0.1) is 0 Å². The smallest absolute Gasteiger partial charge is 0.319 e. The number of halogens is 2. The Balaban J connectivity index is 1.60. The highest BCUT2D eigenvalue weighted by Gasteiger charge is 2.21. The van der Waals surface area contributed by atoms with Crippen molar-refractivity contribution < 1.29 is 23.1 Å². The average molecular weight is 602 g/mol. The third-order valence-electron chi connectivity index (χ3n) is 7.47. The van der Waals surface area contributed by atoms with Gasteiger partial charge in [-0.05, 0) is 24.1 Å². The van der Waals surface area contributed by atoms with E-state index in [1.165, 1.54) is 83.5 Å². The first-order valence-electron chi connectivity index (χ1n) is 16.4. The molecule has 0 heterocycles. The van der Waals surface area contributed by atoms with Gasteiger partial charge in [0.25, 0.3) is 0 Å². The zero-order valence-electron chi connectivity index (χ0n) is 26.1. The van der Waals surface area contributed by atoms with E-state index in [0.717, 1.165) is 43.0 Å². The fourth-order valence-electron chi connectivity index (χ4n) is 5.01. The lowest BCUT2D eigenvalue weighted by molar-refractivity contribution is -0.124. The summed E-state index contributed by atoms with van der Waals surface area (Å²) >= 11 is 0. The molecule has 1 atom stereocenters. The minimum atomic E-state index is -0.969. The number of unbranched alkanes of at least 4 members (excludes halogenated alkanes) is 15. The molecule has 43 heavy (non-hydrogen) atoms. The largest absolute Gasteiger partial charge is 0.374 e. The van der Waals surface area contributed by atoms with Gasteiger partial charge in [0.05, 0.1) is 13.2 Å². The van der Waals surface area contributed by atoms with Gasteiger partial charge in [-0.25, -0.2) is 13.6 Å². The van der Waals surface area contributed by atoms with Crippen LogP contribution in [0.3, 0.4) is 0 Å². The highest BCUT2D eigenvalue weighted by molar-refractivity contribution is 5.93. The molecule has 2 aromatic carbocycles. The number of hydrogen-bond acceptors (Lipinski definition) is 3. The van der Waals surface area contributed by atoms with Gasteiger partial charge in [0.1, 0.15) is 17.7 Å². The third kappa shape index (κ3) is 18.3. The predicted molar refractivity (Wildman–Crippen MR) is 171 cm³/mol. The van der Waals surface area contributed by atoms with Crippen molar-refractivity contribution in [3.05, 3.63) is 65.7 Å². The Morgan fingerprint density at radius 2 is 1.23 bits per heavy atom. The zero-order chi connectivity index (χ0) is 31.0. The van der Waals surface area contributed by atoms with Crippen molar-refractivity contribution in [3.8, 4) is 0 Å². The molecule has 0 bridgehead atoms. The number of ether oxygens (including phenoxy) is 1. The molecule has 0 spiro atoms. The number of amides is 3. The van der Waals surface area contributed by atoms with E-state index in [4.69, 9.17) is 4.74 Å². The normalized spacial score (nSPS) is 11.7. The van der Waals surface area contributed by atoms with E-state index < -0.39 is 23.7 Å². The summed E-state index contributed by atoms with van der Waals surface area (Å²) in [6, 6.07) is 10.5. The Bertz CT molecular complexity index is 1000. The summed E-state index contributed by atoms with van der Waals surface area (Å²) in [5.74, 6) is -1.99. The molecular weight excluding hydrogens is 548 g/mol. The van der Waals surface area contributed by atoms with E-state index in [0.29, 0.717) is 6.54 Å². The number of urea groups is 1. The molecule has 0 aliphatic rings. The molecule has 0 unspecified atom stereocenters. The maximum atomic E-state index is 13.5. The molecule has 6 nitrogen and oxygen atoms in total. The Kier molecular flexibility index (Phi) is 19.7. The molecule has 0 aromatic heterocycles. The summed E-state index contributed by atoms with van der Waals surface area (Å²) < 4.78 is 32.7. The highest BCUT2D eigenvalue weighted by atomic mass is 19.1. The van der Waals surface area contributed by atoms with Crippen LogP contribution in [0, 0.1) is 11.6 Å². The standard InChI is InChI=1S/C35H53F2N3O3/c1-2-3-4-5-6-7-8-9-10-11-12-13-14-15-16-20-23-38-34(41)33(28-43-27-29-21-18-17-19-22-29)40-35(42)39-32-25-30(36)24-31(37)26-32/h17-19,21-22,24-26,33H,2-16,20,23,27-28H2,1H3,(H,38,41)(H2,39,40,42)/t33-/m0/s1. The molecule has 2 rings (SSSR count). The molecule has 3 N–H and O–H groups in total. The number of carbonyl (C=O) groups excluding carboxylic acids is 2. The van der Waals surface area contributed by atoms with Crippen LogP contribution < -0.4 is 16.0 Å². The van der Waals surface area contributed by atoms with Crippen LogP contribution in [-0.2, 0) is 16.1 Å². The summed E-state index contributed by atoms with van der Waals surface area (Å²) in [4.78, 5) is 25.4. The van der Waals surface area contributed by atoms with Gasteiger partial charge in [-0.2, -0.15) is 0 Å². The molecule has 0 radical (unpaired) electrons. The van der Waals surface area contributed by atoms with Crippen LogP contribution in [0.1, 0.15) is 115 Å². The molecule has 2 aromatic rings. The predicted octanol–water partition coefficient (Wildman–Crippen LogP) is 9.05. The van der Waals surface area contributed by atoms with Gasteiger partial charge in [-0.3, -0.25) is 4.79 Å². The van der Waals surface area contributed by atoms with E-state index >= 15 is 0 Å². The van der Waals surface area contributed by atoms with E-state index in [9.17, 15) is 18.4 Å². The lowest BCUT2D eigenvalue weighted by Gasteiger charge is -2.19. The van der Waals surface area contributed by atoms with E-state index in [1.807, 2.05) is 30.3 Å². The maximum absolute atomic E-state index is 13.5. The van der Waals surface area contributed by atoms with E-state index in [2.05, 4.69) is 22.9 Å². The Morgan fingerprint density at radius 3 is 1.77 bits per heavy atom. The minimum absolute atomic E-state index is 0.0486. The first-order chi connectivity index (χ1) is 21.0. The molecule has 0 aliphatic heterocycles. The average Bonchev–Trinajstić information content (AvgIpc) is 2.98. The maximum Gasteiger partial charge on any atom is 0.319 e. The Labute approximate surface area is 257 Å². The lowest BCUT2D eigenvalue weighted by atomic mass is 10.0. The van der Waals surface area contributed by atoms with Crippen LogP contribution in [-0.4, -0.2) is 31.1 Å². The summed E-state index contributed by atoms with van der Waals surface area (Å²) in [5.41, 5.74) is 0.891. The van der Waals surface area contributed by atoms with Crippen molar-refractivity contribution in [2.24, 2.45) is 0 Å².